The average molecular weight is 524 g/mol. The average Bonchev–Trinajstić information content (AvgIpc) is 3.31. The van der Waals surface area contributed by atoms with E-state index in [4.69, 9.17) is 27.9 Å². The van der Waals surface area contributed by atoms with Crippen LogP contribution in [-0.4, -0.2) is 43.5 Å². The van der Waals surface area contributed by atoms with E-state index in [9.17, 15) is 9.59 Å². The van der Waals surface area contributed by atoms with Crippen molar-refractivity contribution in [1.29, 1.82) is 0 Å². The lowest BCUT2D eigenvalue weighted by Crippen LogP contribution is -2.30. The lowest BCUT2D eigenvalue weighted by atomic mass is 9.96. The number of carbonyl (C=O) groups is 2. The number of Topliss-reactive ketones (excluding diaryl/α,β-unsaturated/α-hetero) is 1. The summed E-state index contributed by atoms with van der Waals surface area (Å²) in [5, 5.41) is 8.16. The van der Waals surface area contributed by atoms with Gasteiger partial charge < -0.3 is 20.4 Å². The molecule has 0 unspecified atom stereocenters. The first-order valence-corrected chi connectivity index (χ1v) is 12.4. The summed E-state index contributed by atoms with van der Waals surface area (Å²) >= 11 is 12.3. The van der Waals surface area contributed by atoms with Gasteiger partial charge in [0, 0.05) is 58.5 Å². The number of methoxy groups -OCH3 is 1. The van der Waals surface area contributed by atoms with Gasteiger partial charge in [0.2, 0.25) is 0 Å². The van der Waals surface area contributed by atoms with Crippen molar-refractivity contribution in [2.75, 3.05) is 26.8 Å². The van der Waals surface area contributed by atoms with Crippen LogP contribution >= 0.6 is 23.2 Å². The van der Waals surface area contributed by atoms with Gasteiger partial charge in [0.15, 0.2) is 5.78 Å². The molecule has 0 aliphatic carbocycles. The Balaban J connectivity index is 1.54. The SMILES string of the molecule is COCCNC(=O)c1ccc2c(C(=O)[C@@H](NCCc3ccc(Cl)cc3Cl)c3ccccc3)c[nH]c2c1. The van der Waals surface area contributed by atoms with Gasteiger partial charge in [0.05, 0.1) is 12.6 Å². The third-order valence-electron chi connectivity index (χ3n) is 5.95. The van der Waals surface area contributed by atoms with E-state index in [0.717, 1.165) is 22.0 Å². The van der Waals surface area contributed by atoms with Gasteiger partial charge in [-0.25, -0.2) is 0 Å². The first-order chi connectivity index (χ1) is 17.5. The largest absolute Gasteiger partial charge is 0.383 e. The summed E-state index contributed by atoms with van der Waals surface area (Å²) in [7, 11) is 1.58. The minimum Gasteiger partial charge on any atom is -0.383 e. The fraction of sp³-hybridized carbons (Fsp3) is 0.214. The van der Waals surface area contributed by atoms with Crippen LogP contribution in [-0.2, 0) is 11.2 Å². The molecule has 1 heterocycles. The number of hydrogen-bond acceptors (Lipinski definition) is 4. The second kappa shape index (κ2) is 12.2. The summed E-state index contributed by atoms with van der Waals surface area (Å²) in [6, 6.07) is 19.8. The van der Waals surface area contributed by atoms with E-state index in [-0.39, 0.29) is 11.7 Å². The van der Waals surface area contributed by atoms with Gasteiger partial charge in [0.25, 0.3) is 5.91 Å². The van der Waals surface area contributed by atoms with Crippen LogP contribution in [0.1, 0.15) is 37.9 Å². The third-order valence-corrected chi connectivity index (χ3v) is 6.54. The molecule has 0 spiro atoms. The molecule has 0 radical (unpaired) electrons. The molecule has 0 aliphatic rings. The Bertz CT molecular complexity index is 1350. The number of rotatable bonds is 11. The van der Waals surface area contributed by atoms with Crippen molar-refractivity contribution in [1.82, 2.24) is 15.6 Å². The van der Waals surface area contributed by atoms with E-state index in [1.54, 1.807) is 43.6 Å². The van der Waals surface area contributed by atoms with Crippen LogP contribution in [0, 0.1) is 0 Å². The highest BCUT2D eigenvalue weighted by molar-refractivity contribution is 6.35. The number of amides is 1. The minimum absolute atomic E-state index is 0.0630. The number of halogens is 2. The van der Waals surface area contributed by atoms with Gasteiger partial charge in [-0.2, -0.15) is 0 Å². The Hall–Kier alpha value is -3.16. The minimum atomic E-state index is -0.548. The van der Waals surface area contributed by atoms with Gasteiger partial charge >= 0.3 is 0 Å². The first-order valence-electron chi connectivity index (χ1n) is 11.6. The number of ketones is 1. The molecule has 1 amide bonds. The lowest BCUT2D eigenvalue weighted by molar-refractivity contribution is 0.0933. The number of benzene rings is 3. The number of ether oxygens (including phenoxy) is 1. The number of carbonyl (C=O) groups excluding carboxylic acids is 2. The Labute approximate surface area is 219 Å². The second-order valence-corrected chi connectivity index (χ2v) is 9.20. The summed E-state index contributed by atoms with van der Waals surface area (Å²) in [5.74, 6) is -0.256. The van der Waals surface area contributed by atoms with Crippen molar-refractivity contribution >= 4 is 45.8 Å². The Morgan fingerprint density at radius 2 is 1.81 bits per heavy atom. The molecular weight excluding hydrogens is 497 g/mol. The highest BCUT2D eigenvalue weighted by atomic mass is 35.5. The summed E-state index contributed by atoms with van der Waals surface area (Å²) in [4.78, 5) is 29.3. The normalized spacial score (nSPS) is 12.0. The van der Waals surface area contributed by atoms with E-state index in [1.807, 2.05) is 36.4 Å². The maximum absolute atomic E-state index is 13.7. The number of nitrogens with one attached hydrogen (secondary N) is 3. The predicted molar refractivity (Wildman–Crippen MR) is 144 cm³/mol. The van der Waals surface area contributed by atoms with Crippen molar-refractivity contribution in [2.24, 2.45) is 0 Å². The second-order valence-electron chi connectivity index (χ2n) is 8.36. The van der Waals surface area contributed by atoms with Crippen LogP contribution in [0.2, 0.25) is 10.0 Å². The molecule has 0 aliphatic heterocycles. The highest BCUT2D eigenvalue weighted by Crippen LogP contribution is 2.26. The number of aromatic nitrogens is 1. The number of aromatic amines is 1. The zero-order valence-electron chi connectivity index (χ0n) is 19.8. The van der Waals surface area contributed by atoms with Gasteiger partial charge in [-0.1, -0.05) is 65.7 Å². The molecule has 1 atom stereocenters. The van der Waals surface area contributed by atoms with Crippen LogP contribution in [0.15, 0.2) is 72.9 Å². The van der Waals surface area contributed by atoms with Gasteiger partial charge in [0.1, 0.15) is 0 Å². The Morgan fingerprint density at radius 3 is 2.56 bits per heavy atom. The summed E-state index contributed by atoms with van der Waals surface area (Å²) in [6.07, 6.45) is 2.34. The molecule has 4 rings (SSSR count). The van der Waals surface area contributed by atoms with Crippen molar-refractivity contribution in [3.8, 4) is 0 Å². The fourth-order valence-corrected chi connectivity index (χ4v) is 4.58. The zero-order valence-corrected chi connectivity index (χ0v) is 21.3. The molecular formula is C28H27Cl2N3O3. The van der Waals surface area contributed by atoms with E-state index >= 15 is 0 Å². The number of H-pyrrole nitrogens is 1. The van der Waals surface area contributed by atoms with Crippen LogP contribution in [0.25, 0.3) is 10.9 Å². The molecule has 186 valence electrons. The van der Waals surface area contributed by atoms with E-state index in [2.05, 4.69) is 15.6 Å². The molecule has 0 saturated heterocycles. The third kappa shape index (κ3) is 6.15. The van der Waals surface area contributed by atoms with Gasteiger partial charge in [-0.15, -0.1) is 0 Å². The molecule has 1 aromatic heterocycles. The Morgan fingerprint density at radius 1 is 1.00 bits per heavy atom. The van der Waals surface area contributed by atoms with E-state index < -0.39 is 6.04 Å². The molecule has 36 heavy (non-hydrogen) atoms. The summed E-state index contributed by atoms with van der Waals surface area (Å²) < 4.78 is 4.97. The Kier molecular flexibility index (Phi) is 8.78. The number of fused-ring (bicyclic) bond motifs is 1. The van der Waals surface area contributed by atoms with E-state index in [1.165, 1.54) is 0 Å². The maximum atomic E-state index is 13.7. The highest BCUT2D eigenvalue weighted by Gasteiger charge is 2.24. The monoisotopic (exact) mass is 523 g/mol. The smallest absolute Gasteiger partial charge is 0.251 e. The molecule has 6 nitrogen and oxygen atoms in total. The maximum Gasteiger partial charge on any atom is 0.251 e. The molecule has 0 bridgehead atoms. The van der Waals surface area contributed by atoms with Crippen molar-refractivity contribution in [3.63, 3.8) is 0 Å². The van der Waals surface area contributed by atoms with Crippen LogP contribution in [0.5, 0.6) is 0 Å². The molecule has 0 fully saturated rings. The van der Waals surface area contributed by atoms with Gasteiger partial charge in [-0.3, -0.25) is 9.59 Å². The lowest BCUT2D eigenvalue weighted by Gasteiger charge is -2.18. The van der Waals surface area contributed by atoms with Crippen LogP contribution in [0.4, 0.5) is 0 Å². The summed E-state index contributed by atoms with van der Waals surface area (Å²) in [6.45, 7) is 1.40. The van der Waals surface area contributed by atoms with Crippen molar-refractivity contribution < 1.29 is 14.3 Å². The topological polar surface area (TPSA) is 83.2 Å². The van der Waals surface area contributed by atoms with Gasteiger partial charge in [-0.05, 0) is 41.8 Å². The van der Waals surface area contributed by atoms with E-state index in [0.29, 0.717) is 47.3 Å². The molecule has 3 aromatic carbocycles. The molecule has 4 aromatic rings. The number of hydrogen-bond donors (Lipinski definition) is 3. The van der Waals surface area contributed by atoms with Crippen LogP contribution in [0.3, 0.4) is 0 Å². The summed E-state index contributed by atoms with van der Waals surface area (Å²) in [5.41, 5.74) is 3.61. The van der Waals surface area contributed by atoms with Crippen molar-refractivity contribution in [3.05, 3.63) is 105 Å². The molecule has 3 N–H and O–H groups in total. The predicted octanol–water partition coefficient (Wildman–Crippen LogP) is 5.61. The first kappa shape index (κ1) is 25.9. The standard InChI is InChI=1S/C28H27Cl2N3O3/c1-36-14-13-32-28(35)20-8-10-22-23(17-33-25(22)15-20)27(34)26(19-5-3-2-4-6-19)31-12-11-18-7-9-21(29)16-24(18)30/h2-10,15-17,26,31,33H,11-14H2,1H3,(H,32,35)/t26-/m0/s1. The quantitative estimate of drug-likeness (QED) is 0.176. The van der Waals surface area contributed by atoms with Crippen LogP contribution < -0.4 is 10.6 Å². The molecule has 8 heteroatoms. The van der Waals surface area contributed by atoms with Crippen molar-refractivity contribution in [2.45, 2.75) is 12.5 Å². The fourth-order valence-electron chi connectivity index (χ4n) is 4.08. The molecule has 0 saturated carbocycles. The zero-order chi connectivity index (χ0) is 25.5.